The number of carbonyl (C=O) groups is 5. The summed E-state index contributed by atoms with van der Waals surface area (Å²) < 4.78 is 128. The molecule has 0 bridgehead atoms. The van der Waals surface area contributed by atoms with E-state index in [-0.39, 0.29) is 99.4 Å². The molecule has 5 aromatic rings. The summed E-state index contributed by atoms with van der Waals surface area (Å²) in [7, 11) is 0. The third kappa shape index (κ3) is 17.4. The summed E-state index contributed by atoms with van der Waals surface area (Å²) in [5, 5.41) is 33.7. The van der Waals surface area contributed by atoms with E-state index in [9.17, 15) is 74.0 Å². The molecule has 2 aliphatic rings. The second kappa shape index (κ2) is 28.1. The number of amides is 4. The number of ether oxygens (including phenoxy) is 2. The maximum Gasteiger partial charge on any atom is 0.434 e. The van der Waals surface area contributed by atoms with E-state index in [0.29, 0.717) is 10.7 Å². The molecule has 4 amide bonds. The number of carbonyl (C=O) groups excluding carboxylic acids is 4. The van der Waals surface area contributed by atoms with Crippen molar-refractivity contribution in [2.75, 3.05) is 80.7 Å². The second-order valence-corrected chi connectivity index (χ2v) is 19.6. The molecule has 85 heavy (non-hydrogen) atoms. The van der Waals surface area contributed by atoms with E-state index in [1.54, 1.807) is 17.0 Å². The van der Waals surface area contributed by atoms with Crippen LogP contribution in [0.15, 0.2) is 79.5 Å². The Morgan fingerprint density at radius 1 is 0.647 bits per heavy atom. The van der Waals surface area contributed by atoms with Gasteiger partial charge in [0.1, 0.15) is 23.8 Å². The number of pyridine rings is 3. The number of aromatic nitrogens is 3. The number of carboxylic acid groups (broad SMARTS) is 1. The van der Waals surface area contributed by atoms with Crippen LogP contribution in [0.2, 0.25) is 10.0 Å². The number of nitrogens with one attached hydrogen (secondary N) is 2. The normalized spacial score (nSPS) is 13.6. The minimum absolute atomic E-state index is 0.118. The van der Waals surface area contributed by atoms with Gasteiger partial charge >= 0.3 is 48.5 Å². The fourth-order valence-electron chi connectivity index (χ4n) is 8.23. The van der Waals surface area contributed by atoms with Crippen molar-refractivity contribution in [2.45, 2.75) is 58.7 Å². The first-order valence-electron chi connectivity index (χ1n) is 25.2. The minimum atomic E-state index is -4.94. The van der Waals surface area contributed by atoms with Gasteiger partial charge in [-0.2, -0.15) is 50.0 Å². The molecule has 0 unspecified atom stereocenters. The van der Waals surface area contributed by atoms with Crippen LogP contribution in [0, 0.1) is 22.7 Å². The smallest absolute Gasteiger partial charge is 0.434 e. The molecule has 3 aromatic heterocycles. The number of anilines is 3. The number of hydrogen-bond acceptors (Lipinski definition) is 14. The lowest BCUT2D eigenvalue weighted by molar-refractivity contribution is -0.142. The Hall–Kier alpha value is -8.89. The van der Waals surface area contributed by atoms with Crippen LogP contribution in [0.25, 0.3) is 5.57 Å². The highest BCUT2D eigenvalue weighted by Crippen LogP contribution is 2.37. The molecule has 2 fully saturated rings. The van der Waals surface area contributed by atoms with E-state index in [1.165, 1.54) is 40.7 Å². The zero-order valence-electron chi connectivity index (χ0n) is 45.7. The standard InChI is InChI=1S/C27H30F3N5O3.C21H18Cl2F3N5O3.C7H4F3NO2/c1-6-38-24(36)21-15-19(16-31)23(32-22(21)27(28,29)30)34-10-12-35(13-11-34)25(37)33-26(4,5)20-9-7-8-18(14-20)17(2)3;1-2-34-19(32)14-9-12(11-27)18(29-17(14)21(24,25)26)30-5-7-31(8-6-30)20(33)28-13-3-4-15(22)16(23)10-13;8-7(9,10)5-4(6(12)13)2-1-3-11-5/h7-9,14-15H,2,6,10-13H2,1,3-5H3,(H,33,37);3-4,9-10H,2,5-8H2,1H3,(H,28,33);1-3H,(H,12,13). The molecule has 2 saturated heterocycles. The van der Waals surface area contributed by atoms with Crippen molar-refractivity contribution < 1.29 is 78.1 Å². The molecular formula is C55H52Cl2F9N11O8. The second-order valence-electron chi connectivity index (χ2n) is 18.8. The van der Waals surface area contributed by atoms with Gasteiger partial charge in [0, 0.05) is 64.2 Å². The molecule has 0 aliphatic carbocycles. The van der Waals surface area contributed by atoms with Gasteiger partial charge in [0.15, 0.2) is 17.1 Å². The van der Waals surface area contributed by atoms with E-state index >= 15 is 0 Å². The summed E-state index contributed by atoms with van der Waals surface area (Å²) in [5.74, 6) is -4.46. The number of benzene rings is 2. The zero-order valence-corrected chi connectivity index (χ0v) is 47.2. The molecule has 0 saturated carbocycles. The molecule has 7 rings (SSSR count). The highest BCUT2D eigenvalue weighted by atomic mass is 35.5. The number of aromatic carboxylic acids is 1. The van der Waals surface area contributed by atoms with Gasteiger partial charge < -0.3 is 44.8 Å². The van der Waals surface area contributed by atoms with Crippen molar-refractivity contribution in [3.63, 3.8) is 0 Å². The summed E-state index contributed by atoms with van der Waals surface area (Å²) >= 11 is 11.8. The molecule has 0 radical (unpaired) electrons. The van der Waals surface area contributed by atoms with Gasteiger partial charge in [-0.15, -0.1) is 0 Å². The van der Waals surface area contributed by atoms with Crippen molar-refractivity contribution in [1.29, 1.82) is 10.5 Å². The van der Waals surface area contributed by atoms with Crippen LogP contribution in [-0.4, -0.2) is 125 Å². The van der Waals surface area contributed by atoms with Crippen LogP contribution in [0.1, 0.15) is 105 Å². The molecule has 0 atom stereocenters. The number of esters is 2. The van der Waals surface area contributed by atoms with Crippen molar-refractivity contribution >= 4 is 76.1 Å². The number of halogens is 11. The number of hydrogen-bond donors (Lipinski definition) is 3. The summed E-state index contributed by atoms with van der Waals surface area (Å²) in [6.07, 6.45) is -13.7. The fourth-order valence-corrected chi connectivity index (χ4v) is 8.53. The average molecular weight is 1240 g/mol. The number of urea groups is 2. The van der Waals surface area contributed by atoms with Gasteiger partial charge in [0.25, 0.3) is 0 Å². The summed E-state index contributed by atoms with van der Waals surface area (Å²) in [4.78, 5) is 76.3. The molecule has 19 nitrogen and oxygen atoms in total. The number of rotatable bonds is 11. The lowest BCUT2D eigenvalue weighted by atomic mass is 9.92. The monoisotopic (exact) mass is 1240 g/mol. The first-order chi connectivity index (χ1) is 39.7. The maximum atomic E-state index is 13.7. The van der Waals surface area contributed by atoms with Gasteiger partial charge in [-0.1, -0.05) is 53.6 Å². The van der Waals surface area contributed by atoms with Gasteiger partial charge in [-0.3, -0.25) is 4.98 Å². The lowest BCUT2D eigenvalue weighted by Crippen LogP contribution is -2.55. The molecule has 452 valence electrons. The Bertz CT molecular complexity index is 3410. The molecule has 0 spiro atoms. The SMILES string of the molecule is C=C(C)c1cccc(C(C)(C)NC(=O)N2CCN(c3nc(C(F)(F)F)c(C(=O)OCC)cc3C#N)CC2)c1.CCOC(=O)c1cc(C#N)c(N2CCN(C(=O)Nc3ccc(Cl)c(Cl)c3)CC2)nc1C(F)(F)F.O=C(O)c1cccnc1C(F)(F)F. The van der Waals surface area contributed by atoms with Crippen molar-refractivity contribution in [3.05, 3.63) is 146 Å². The quantitative estimate of drug-likeness (QED) is 0.0822. The van der Waals surface area contributed by atoms with Gasteiger partial charge in [0.2, 0.25) is 0 Å². The third-order valence-electron chi connectivity index (χ3n) is 12.5. The molecule has 30 heteroatoms. The van der Waals surface area contributed by atoms with Crippen LogP contribution in [0.3, 0.4) is 0 Å². The van der Waals surface area contributed by atoms with Gasteiger partial charge in [0.05, 0.1) is 56.6 Å². The Balaban J connectivity index is 0.000000258. The van der Waals surface area contributed by atoms with Crippen molar-refractivity contribution in [2.24, 2.45) is 0 Å². The number of nitrogens with zero attached hydrogens (tertiary/aromatic N) is 9. The first kappa shape index (κ1) is 66.9. The Labute approximate surface area is 490 Å². The molecular weight excluding hydrogens is 1180 g/mol. The third-order valence-corrected chi connectivity index (χ3v) is 13.2. The molecule has 2 aromatic carbocycles. The highest BCUT2D eigenvalue weighted by molar-refractivity contribution is 6.42. The first-order valence-corrected chi connectivity index (χ1v) is 26.0. The Kier molecular flexibility index (Phi) is 22.1. The molecule has 5 heterocycles. The number of alkyl halides is 9. The Morgan fingerprint density at radius 3 is 1.52 bits per heavy atom. The largest absolute Gasteiger partial charge is 0.478 e. The number of allylic oxidation sites excluding steroid dienone is 1. The number of nitriles is 2. The predicted molar refractivity (Wildman–Crippen MR) is 292 cm³/mol. The van der Waals surface area contributed by atoms with Crippen LogP contribution in [0.4, 0.5) is 66.4 Å². The molecule has 3 N–H and O–H groups in total. The predicted octanol–water partition coefficient (Wildman–Crippen LogP) is 11.6. The zero-order chi connectivity index (χ0) is 63.4. The fraction of sp³-hybridized carbons (Fsp3) is 0.345. The topological polar surface area (TPSA) is 247 Å². The van der Waals surface area contributed by atoms with Crippen LogP contribution in [0.5, 0.6) is 0 Å². The average Bonchev–Trinajstić information content (AvgIpc) is 1.49. The van der Waals surface area contributed by atoms with Crippen molar-refractivity contribution in [3.8, 4) is 12.1 Å². The van der Waals surface area contributed by atoms with Crippen LogP contribution < -0.4 is 20.4 Å². The van der Waals surface area contributed by atoms with Gasteiger partial charge in [-0.25, -0.2) is 33.9 Å². The van der Waals surface area contributed by atoms with Crippen LogP contribution >= 0.6 is 23.2 Å². The van der Waals surface area contributed by atoms with Crippen LogP contribution in [-0.2, 0) is 33.5 Å². The maximum absolute atomic E-state index is 13.7. The molecule has 2 aliphatic heterocycles. The van der Waals surface area contributed by atoms with E-state index in [2.05, 4.69) is 36.9 Å². The Morgan fingerprint density at radius 2 is 1.12 bits per heavy atom. The van der Waals surface area contributed by atoms with Gasteiger partial charge in [-0.05, 0) is 94.3 Å². The van der Waals surface area contributed by atoms with E-state index in [4.69, 9.17) is 33.0 Å². The number of carboxylic acids is 1. The highest BCUT2D eigenvalue weighted by Gasteiger charge is 2.42. The lowest BCUT2D eigenvalue weighted by Gasteiger charge is -2.38. The van der Waals surface area contributed by atoms with Crippen molar-refractivity contribution in [1.82, 2.24) is 30.1 Å². The van der Waals surface area contributed by atoms with E-state index in [0.717, 1.165) is 47.2 Å². The number of piperazine rings is 2. The summed E-state index contributed by atoms with van der Waals surface area (Å²) in [6.45, 7) is 13.5. The van der Waals surface area contributed by atoms with E-state index < -0.39 is 81.8 Å². The summed E-state index contributed by atoms with van der Waals surface area (Å²) in [6, 6.07) is 18.9. The minimum Gasteiger partial charge on any atom is -0.478 e. The van der Waals surface area contributed by atoms with E-state index in [1.807, 2.05) is 51.1 Å². The summed E-state index contributed by atoms with van der Waals surface area (Å²) in [5.41, 5.74) is -4.58.